The van der Waals surface area contributed by atoms with Crippen LogP contribution < -0.4 is 4.74 Å². The molecule has 0 saturated carbocycles. The molecule has 3 rings (SSSR count). The highest BCUT2D eigenvalue weighted by atomic mass is 35.5. The average molecular weight is 300 g/mol. The lowest BCUT2D eigenvalue weighted by Crippen LogP contribution is -2.04. The lowest BCUT2D eigenvalue weighted by atomic mass is 9.97. The number of aliphatic hydroxyl groups is 1. The number of aromatic nitrogens is 1. The summed E-state index contributed by atoms with van der Waals surface area (Å²) in [4.78, 5) is 4.31. The van der Waals surface area contributed by atoms with Crippen LogP contribution in [0.4, 0.5) is 0 Å². The van der Waals surface area contributed by atoms with Crippen LogP contribution >= 0.6 is 11.6 Å². The number of benzene rings is 2. The molecule has 106 valence electrons. The topological polar surface area (TPSA) is 42.4 Å². The molecule has 2 aromatic carbocycles. The maximum Gasteiger partial charge on any atom is 0.126 e. The summed E-state index contributed by atoms with van der Waals surface area (Å²) in [5.41, 5.74) is 2.16. The predicted octanol–water partition coefficient (Wildman–Crippen LogP) is 3.98. The second-order valence-electron chi connectivity index (χ2n) is 4.68. The van der Waals surface area contributed by atoms with E-state index in [4.69, 9.17) is 16.3 Å². The first-order valence-corrected chi connectivity index (χ1v) is 6.94. The third kappa shape index (κ3) is 2.46. The monoisotopic (exact) mass is 299 g/mol. The van der Waals surface area contributed by atoms with Gasteiger partial charge in [0, 0.05) is 17.1 Å². The normalized spacial score (nSPS) is 12.3. The van der Waals surface area contributed by atoms with E-state index in [0.717, 1.165) is 16.5 Å². The molecule has 21 heavy (non-hydrogen) atoms. The fourth-order valence-corrected chi connectivity index (χ4v) is 2.75. The molecule has 0 fully saturated rings. The zero-order chi connectivity index (χ0) is 14.8. The van der Waals surface area contributed by atoms with Crippen LogP contribution in [0.2, 0.25) is 5.02 Å². The Kier molecular flexibility index (Phi) is 3.78. The Hall–Kier alpha value is -2.10. The van der Waals surface area contributed by atoms with Crippen LogP contribution in [0.1, 0.15) is 17.2 Å². The minimum Gasteiger partial charge on any atom is -0.496 e. The highest BCUT2D eigenvalue weighted by Crippen LogP contribution is 2.37. The van der Waals surface area contributed by atoms with Crippen molar-refractivity contribution in [3.63, 3.8) is 0 Å². The number of hydrogen-bond donors (Lipinski definition) is 1. The quantitative estimate of drug-likeness (QED) is 0.795. The minimum atomic E-state index is -0.874. The molecule has 0 aliphatic carbocycles. The van der Waals surface area contributed by atoms with Crippen LogP contribution in [-0.4, -0.2) is 17.2 Å². The van der Waals surface area contributed by atoms with Crippen molar-refractivity contribution in [3.05, 3.63) is 70.9 Å². The van der Waals surface area contributed by atoms with Gasteiger partial charge in [-0.15, -0.1) is 0 Å². The van der Waals surface area contributed by atoms with E-state index in [1.165, 1.54) is 0 Å². The van der Waals surface area contributed by atoms with Crippen molar-refractivity contribution in [1.82, 2.24) is 4.98 Å². The Morgan fingerprint density at radius 1 is 1.10 bits per heavy atom. The summed E-state index contributed by atoms with van der Waals surface area (Å²) in [6.45, 7) is 0. The Labute approximate surface area is 127 Å². The lowest BCUT2D eigenvalue weighted by molar-refractivity contribution is 0.216. The highest BCUT2D eigenvalue weighted by Gasteiger charge is 2.20. The van der Waals surface area contributed by atoms with Crippen molar-refractivity contribution in [2.24, 2.45) is 0 Å². The number of halogens is 1. The smallest absolute Gasteiger partial charge is 0.126 e. The van der Waals surface area contributed by atoms with Crippen molar-refractivity contribution >= 4 is 22.5 Å². The van der Waals surface area contributed by atoms with Gasteiger partial charge in [-0.05, 0) is 29.8 Å². The van der Waals surface area contributed by atoms with Crippen LogP contribution in [-0.2, 0) is 0 Å². The van der Waals surface area contributed by atoms with Crippen LogP contribution in [0.15, 0.2) is 54.7 Å². The fraction of sp³-hybridized carbons (Fsp3) is 0.118. The summed E-state index contributed by atoms with van der Waals surface area (Å²) in [6, 6.07) is 14.8. The first-order chi connectivity index (χ1) is 10.2. The Morgan fingerprint density at radius 3 is 2.71 bits per heavy atom. The summed E-state index contributed by atoms with van der Waals surface area (Å²) < 4.78 is 5.32. The van der Waals surface area contributed by atoms with Gasteiger partial charge >= 0.3 is 0 Å². The van der Waals surface area contributed by atoms with Gasteiger partial charge in [-0.2, -0.15) is 0 Å². The highest BCUT2D eigenvalue weighted by molar-refractivity contribution is 6.31. The van der Waals surface area contributed by atoms with Gasteiger partial charge in [0.2, 0.25) is 0 Å². The van der Waals surface area contributed by atoms with Gasteiger partial charge in [0.25, 0.3) is 0 Å². The van der Waals surface area contributed by atoms with Crippen LogP contribution in [0.5, 0.6) is 5.75 Å². The number of hydrogen-bond acceptors (Lipinski definition) is 3. The maximum atomic E-state index is 10.8. The third-order valence-corrected chi connectivity index (χ3v) is 3.81. The van der Waals surface area contributed by atoms with Crippen molar-refractivity contribution in [2.45, 2.75) is 6.10 Å². The molecule has 0 bridgehead atoms. The van der Waals surface area contributed by atoms with Gasteiger partial charge in [0.05, 0.1) is 17.6 Å². The SMILES string of the molecule is COc1cccc(Cl)c1C(O)c1cccc2ncccc12. The molecular weight excluding hydrogens is 286 g/mol. The zero-order valence-electron chi connectivity index (χ0n) is 11.5. The average Bonchev–Trinajstić information content (AvgIpc) is 2.53. The van der Waals surface area contributed by atoms with Crippen molar-refractivity contribution in [2.75, 3.05) is 7.11 Å². The largest absolute Gasteiger partial charge is 0.496 e. The van der Waals surface area contributed by atoms with Crippen molar-refractivity contribution in [1.29, 1.82) is 0 Å². The molecule has 0 aliphatic heterocycles. The van der Waals surface area contributed by atoms with E-state index in [9.17, 15) is 5.11 Å². The molecule has 1 N–H and O–H groups in total. The van der Waals surface area contributed by atoms with Crippen molar-refractivity contribution in [3.8, 4) is 5.75 Å². The molecule has 1 heterocycles. The van der Waals surface area contributed by atoms with E-state index in [0.29, 0.717) is 16.3 Å². The minimum absolute atomic E-state index is 0.475. The van der Waals surface area contributed by atoms with Crippen molar-refractivity contribution < 1.29 is 9.84 Å². The van der Waals surface area contributed by atoms with Crippen LogP contribution in [0, 0.1) is 0 Å². The number of pyridine rings is 1. The summed E-state index contributed by atoms with van der Waals surface area (Å²) in [7, 11) is 1.56. The molecule has 1 atom stereocenters. The fourth-order valence-electron chi connectivity index (χ4n) is 2.48. The summed E-state index contributed by atoms with van der Waals surface area (Å²) in [6.07, 6.45) is 0.857. The van der Waals surface area contributed by atoms with Gasteiger partial charge in [-0.1, -0.05) is 35.9 Å². The molecule has 1 unspecified atom stereocenters. The van der Waals surface area contributed by atoms with E-state index < -0.39 is 6.10 Å². The van der Waals surface area contributed by atoms with Gasteiger partial charge in [-0.3, -0.25) is 4.98 Å². The predicted molar refractivity (Wildman–Crippen MR) is 83.8 cm³/mol. The van der Waals surface area contributed by atoms with Gasteiger partial charge < -0.3 is 9.84 Å². The first-order valence-electron chi connectivity index (χ1n) is 6.56. The number of rotatable bonds is 3. The van der Waals surface area contributed by atoms with E-state index in [-0.39, 0.29) is 0 Å². The van der Waals surface area contributed by atoms with E-state index in [2.05, 4.69) is 4.98 Å². The number of methoxy groups -OCH3 is 1. The van der Waals surface area contributed by atoms with Gasteiger partial charge in [-0.25, -0.2) is 0 Å². The second-order valence-corrected chi connectivity index (χ2v) is 5.08. The Morgan fingerprint density at radius 2 is 1.90 bits per heavy atom. The zero-order valence-corrected chi connectivity index (χ0v) is 12.2. The Bertz CT molecular complexity index is 783. The van der Waals surface area contributed by atoms with Crippen LogP contribution in [0.25, 0.3) is 10.9 Å². The number of nitrogens with zero attached hydrogens (tertiary/aromatic N) is 1. The van der Waals surface area contributed by atoms with Gasteiger partial charge in [0.1, 0.15) is 11.9 Å². The molecule has 0 aliphatic rings. The standard InChI is InChI=1S/C17H14ClNO2/c1-21-15-9-3-7-13(18)16(15)17(20)12-5-2-8-14-11(12)6-4-10-19-14/h2-10,17,20H,1H3. The molecule has 1 aromatic heterocycles. The molecule has 3 aromatic rings. The molecule has 0 spiro atoms. The molecule has 0 radical (unpaired) electrons. The molecule has 4 heteroatoms. The molecule has 0 saturated heterocycles. The summed E-state index contributed by atoms with van der Waals surface area (Å²) in [5.74, 6) is 0.566. The number of fused-ring (bicyclic) bond motifs is 1. The van der Waals surface area contributed by atoms with Crippen LogP contribution in [0.3, 0.4) is 0 Å². The molecule has 0 amide bonds. The third-order valence-electron chi connectivity index (χ3n) is 3.48. The number of ether oxygens (including phenoxy) is 1. The van der Waals surface area contributed by atoms with E-state index >= 15 is 0 Å². The van der Waals surface area contributed by atoms with E-state index in [1.807, 2.05) is 30.3 Å². The Balaban J connectivity index is 2.20. The summed E-state index contributed by atoms with van der Waals surface area (Å²) in [5, 5.41) is 12.2. The van der Waals surface area contributed by atoms with E-state index in [1.54, 1.807) is 31.5 Å². The molecular formula is C17H14ClNO2. The van der Waals surface area contributed by atoms with Gasteiger partial charge in [0.15, 0.2) is 0 Å². The maximum absolute atomic E-state index is 10.8. The summed E-state index contributed by atoms with van der Waals surface area (Å²) >= 11 is 6.25. The number of aliphatic hydroxyl groups excluding tert-OH is 1. The second kappa shape index (κ2) is 5.72. The lowest BCUT2D eigenvalue weighted by Gasteiger charge is -2.18. The first kappa shape index (κ1) is 13.9. The molecule has 3 nitrogen and oxygen atoms in total.